The van der Waals surface area contributed by atoms with Crippen LogP contribution in [0, 0.1) is 22.0 Å². The lowest BCUT2D eigenvalue weighted by atomic mass is 9.91. The summed E-state index contributed by atoms with van der Waals surface area (Å²) in [7, 11) is 0. The number of para-hydroxylation sites is 1. The highest BCUT2D eigenvalue weighted by Gasteiger charge is 2.36. The number of benzene rings is 2. The number of nitrogens with one attached hydrogen (secondary N) is 3. The Morgan fingerprint density at radius 3 is 2.15 bits per heavy atom. The molecular formula is C23H27FN4O6. The van der Waals surface area contributed by atoms with Gasteiger partial charge in [-0.25, -0.2) is 9.87 Å². The summed E-state index contributed by atoms with van der Waals surface area (Å²) in [6, 6.07) is 12.7. The van der Waals surface area contributed by atoms with Crippen LogP contribution in [0.2, 0.25) is 0 Å². The van der Waals surface area contributed by atoms with Gasteiger partial charge < -0.3 is 10.6 Å². The van der Waals surface area contributed by atoms with E-state index in [4.69, 9.17) is 5.21 Å². The molecule has 0 bridgehead atoms. The van der Waals surface area contributed by atoms with E-state index in [1.165, 1.54) is 29.7 Å². The average Bonchev–Trinajstić information content (AvgIpc) is 2.81. The number of nitrogens with zero attached hydrogens (tertiary/aromatic N) is 1. The molecule has 0 aromatic heterocycles. The maximum atomic E-state index is 14.6. The van der Waals surface area contributed by atoms with Gasteiger partial charge in [-0.1, -0.05) is 44.2 Å². The second-order valence-electron chi connectivity index (χ2n) is 8.16. The van der Waals surface area contributed by atoms with Crippen molar-refractivity contribution >= 4 is 29.1 Å². The standard InChI is InChI=1S/C23H27FN4O6/c1-14(2)12-18(20(24)23(31)27-32)21(29)26-19(22(30)25-16-6-4-3-5-7-16)13-15-8-10-17(11-9-15)28(33)34/h3-11,14,18-20,32H,12-13H2,1-2H3,(H,25,30)(H,26,29)(H,27,31)/t18-,19+,20-/m1/s1. The molecule has 182 valence electrons. The van der Waals surface area contributed by atoms with Gasteiger partial charge in [0.2, 0.25) is 11.8 Å². The molecule has 10 nitrogen and oxygen atoms in total. The van der Waals surface area contributed by atoms with Crippen molar-refractivity contribution in [2.75, 3.05) is 5.32 Å². The molecule has 0 saturated carbocycles. The van der Waals surface area contributed by atoms with E-state index >= 15 is 0 Å². The predicted molar refractivity (Wildman–Crippen MR) is 122 cm³/mol. The quantitative estimate of drug-likeness (QED) is 0.223. The molecule has 0 radical (unpaired) electrons. The van der Waals surface area contributed by atoms with Crippen LogP contribution in [0.25, 0.3) is 0 Å². The van der Waals surface area contributed by atoms with Gasteiger partial charge in [-0.15, -0.1) is 0 Å². The number of rotatable bonds is 11. The highest BCUT2D eigenvalue weighted by atomic mass is 19.1. The third-order valence-electron chi connectivity index (χ3n) is 5.04. The van der Waals surface area contributed by atoms with Gasteiger partial charge in [-0.05, 0) is 30.0 Å². The molecule has 0 heterocycles. The van der Waals surface area contributed by atoms with Crippen LogP contribution in [0.5, 0.6) is 0 Å². The highest BCUT2D eigenvalue weighted by molar-refractivity contribution is 5.98. The van der Waals surface area contributed by atoms with E-state index in [1.54, 1.807) is 44.2 Å². The molecule has 2 rings (SSSR count). The van der Waals surface area contributed by atoms with Crippen molar-refractivity contribution in [2.24, 2.45) is 11.8 Å². The van der Waals surface area contributed by atoms with E-state index in [0.717, 1.165) is 0 Å². The fourth-order valence-corrected chi connectivity index (χ4v) is 3.34. The molecule has 0 saturated heterocycles. The van der Waals surface area contributed by atoms with Crippen molar-refractivity contribution in [2.45, 2.75) is 38.9 Å². The average molecular weight is 474 g/mol. The maximum Gasteiger partial charge on any atom is 0.278 e. The summed E-state index contributed by atoms with van der Waals surface area (Å²) in [5.41, 5.74) is 2.06. The Morgan fingerprint density at radius 2 is 1.62 bits per heavy atom. The number of nitro benzene ring substituents is 1. The second kappa shape index (κ2) is 12.4. The topological polar surface area (TPSA) is 151 Å². The molecule has 3 atom stereocenters. The predicted octanol–water partition coefficient (Wildman–Crippen LogP) is 2.77. The number of carbonyl (C=O) groups is 3. The maximum absolute atomic E-state index is 14.6. The summed E-state index contributed by atoms with van der Waals surface area (Å²) >= 11 is 0. The van der Waals surface area contributed by atoms with Gasteiger partial charge in [-0.3, -0.25) is 29.7 Å². The summed E-state index contributed by atoms with van der Waals surface area (Å²) in [5.74, 6) is -4.44. The van der Waals surface area contributed by atoms with Crippen LogP contribution >= 0.6 is 0 Å². The second-order valence-corrected chi connectivity index (χ2v) is 8.16. The molecule has 4 N–H and O–H groups in total. The van der Waals surface area contributed by atoms with E-state index < -0.39 is 40.8 Å². The van der Waals surface area contributed by atoms with Crippen molar-refractivity contribution in [1.29, 1.82) is 0 Å². The minimum atomic E-state index is -2.33. The SMILES string of the molecule is CC(C)C[C@@H](C(=O)N[C@@H](Cc1ccc([N+](=O)[O-])cc1)C(=O)Nc1ccccc1)[C@@H](F)C(=O)NO. The number of nitro groups is 1. The zero-order valence-electron chi connectivity index (χ0n) is 18.7. The molecule has 34 heavy (non-hydrogen) atoms. The van der Waals surface area contributed by atoms with Gasteiger partial charge in [0.15, 0.2) is 6.17 Å². The van der Waals surface area contributed by atoms with E-state index in [2.05, 4.69) is 10.6 Å². The van der Waals surface area contributed by atoms with Crippen LogP contribution in [0.3, 0.4) is 0 Å². The number of halogens is 1. The molecular weight excluding hydrogens is 447 g/mol. The van der Waals surface area contributed by atoms with Gasteiger partial charge in [0.1, 0.15) is 6.04 Å². The molecule has 0 spiro atoms. The number of hydrogen-bond donors (Lipinski definition) is 4. The minimum absolute atomic E-state index is 0.00895. The summed E-state index contributed by atoms with van der Waals surface area (Å²) in [6.07, 6.45) is -2.38. The highest BCUT2D eigenvalue weighted by Crippen LogP contribution is 2.20. The third kappa shape index (κ3) is 7.62. The lowest BCUT2D eigenvalue weighted by molar-refractivity contribution is -0.384. The Morgan fingerprint density at radius 1 is 1.00 bits per heavy atom. The molecule has 2 aromatic carbocycles. The summed E-state index contributed by atoms with van der Waals surface area (Å²) in [5, 5.41) is 24.8. The van der Waals surface area contributed by atoms with E-state index in [9.17, 15) is 28.9 Å². The third-order valence-corrected chi connectivity index (χ3v) is 5.04. The van der Waals surface area contributed by atoms with Crippen molar-refractivity contribution in [3.63, 3.8) is 0 Å². The fraction of sp³-hybridized carbons (Fsp3) is 0.348. The number of hydrogen-bond acceptors (Lipinski definition) is 6. The molecule has 3 amide bonds. The molecule has 2 aromatic rings. The van der Waals surface area contributed by atoms with Crippen LogP contribution in [0.1, 0.15) is 25.8 Å². The number of non-ortho nitro benzene ring substituents is 1. The Kier molecular flexibility index (Phi) is 9.62. The van der Waals surface area contributed by atoms with Crippen molar-refractivity contribution in [3.05, 3.63) is 70.3 Å². The van der Waals surface area contributed by atoms with Crippen molar-refractivity contribution in [3.8, 4) is 0 Å². The zero-order valence-corrected chi connectivity index (χ0v) is 18.7. The van der Waals surface area contributed by atoms with Crippen LogP contribution in [-0.4, -0.2) is 40.1 Å². The number of alkyl halides is 1. The summed E-state index contributed by atoms with van der Waals surface area (Å²) < 4.78 is 14.6. The molecule has 0 aliphatic rings. The number of amides is 3. The molecule has 0 unspecified atom stereocenters. The normalized spacial score (nSPS) is 13.4. The number of anilines is 1. The lowest BCUT2D eigenvalue weighted by Gasteiger charge is -2.25. The van der Waals surface area contributed by atoms with E-state index in [-0.39, 0.29) is 24.4 Å². The first-order valence-electron chi connectivity index (χ1n) is 10.6. The van der Waals surface area contributed by atoms with Crippen LogP contribution in [-0.2, 0) is 20.8 Å². The van der Waals surface area contributed by atoms with Gasteiger partial charge in [0.05, 0.1) is 10.8 Å². The Hall–Kier alpha value is -3.86. The Labute approximate surface area is 195 Å². The van der Waals surface area contributed by atoms with Crippen LogP contribution in [0.15, 0.2) is 54.6 Å². The lowest BCUT2D eigenvalue weighted by Crippen LogP contribution is -2.50. The molecule has 0 fully saturated rings. The van der Waals surface area contributed by atoms with Crippen LogP contribution < -0.4 is 16.1 Å². The Balaban J connectivity index is 2.28. The molecule has 0 aliphatic heterocycles. The summed E-state index contributed by atoms with van der Waals surface area (Å²) in [6.45, 7) is 3.47. The molecule has 0 aliphatic carbocycles. The van der Waals surface area contributed by atoms with Crippen LogP contribution in [0.4, 0.5) is 15.8 Å². The monoisotopic (exact) mass is 474 g/mol. The first-order valence-corrected chi connectivity index (χ1v) is 10.6. The van der Waals surface area contributed by atoms with Gasteiger partial charge >= 0.3 is 0 Å². The first kappa shape index (κ1) is 26.4. The number of carbonyl (C=O) groups excluding carboxylic acids is 3. The molecule has 11 heteroatoms. The van der Waals surface area contributed by atoms with Crippen molar-refractivity contribution < 1.29 is 28.9 Å². The van der Waals surface area contributed by atoms with Gasteiger partial charge in [0, 0.05) is 24.2 Å². The van der Waals surface area contributed by atoms with Gasteiger partial charge in [-0.2, -0.15) is 0 Å². The van der Waals surface area contributed by atoms with Gasteiger partial charge in [0.25, 0.3) is 11.6 Å². The Bertz CT molecular complexity index is 1000. The largest absolute Gasteiger partial charge is 0.344 e. The number of hydroxylamine groups is 1. The van der Waals surface area contributed by atoms with Crippen molar-refractivity contribution in [1.82, 2.24) is 10.8 Å². The zero-order chi connectivity index (χ0) is 25.3. The van der Waals surface area contributed by atoms with E-state index in [1.807, 2.05) is 0 Å². The smallest absolute Gasteiger partial charge is 0.278 e. The summed E-state index contributed by atoms with van der Waals surface area (Å²) in [4.78, 5) is 47.9. The minimum Gasteiger partial charge on any atom is -0.344 e. The van der Waals surface area contributed by atoms with E-state index in [0.29, 0.717) is 11.3 Å². The fourth-order valence-electron chi connectivity index (χ4n) is 3.34. The first-order chi connectivity index (χ1) is 16.1.